The maximum Gasteiger partial charge on any atom is 0.224 e. The molecule has 1 amide bonds. The molecule has 0 aromatic heterocycles. The lowest BCUT2D eigenvalue weighted by molar-refractivity contribution is -0.131. The van der Waals surface area contributed by atoms with Gasteiger partial charge in [0.15, 0.2) is 0 Å². The molecule has 0 aromatic rings. The molecule has 4 nitrogen and oxygen atoms in total. The molecule has 2 aliphatic heterocycles. The zero-order valence-electron chi connectivity index (χ0n) is 13.4. The van der Waals surface area contributed by atoms with Crippen LogP contribution in [0.15, 0.2) is 0 Å². The summed E-state index contributed by atoms with van der Waals surface area (Å²) in [6, 6.07) is 0.606. The summed E-state index contributed by atoms with van der Waals surface area (Å²) in [5.41, 5.74) is 6.24. The van der Waals surface area contributed by atoms with E-state index in [0.29, 0.717) is 18.4 Å². The van der Waals surface area contributed by atoms with E-state index in [9.17, 15) is 4.79 Å². The average molecular weight is 293 g/mol. The Kier molecular flexibility index (Phi) is 4.85. The van der Waals surface area contributed by atoms with Crippen LogP contribution in [-0.4, -0.2) is 53.5 Å². The number of carbonyl (C=O) groups is 1. The lowest BCUT2D eigenvalue weighted by Crippen LogP contribution is -2.47. The number of amides is 1. The second kappa shape index (κ2) is 6.66. The van der Waals surface area contributed by atoms with E-state index < -0.39 is 0 Å². The summed E-state index contributed by atoms with van der Waals surface area (Å²) < 4.78 is 0. The molecule has 21 heavy (non-hydrogen) atoms. The fraction of sp³-hybridized carbons (Fsp3) is 0.941. The summed E-state index contributed by atoms with van der Waals surface area (Å²) in [5, 5.41) is 0. The molecule has 3 fully saturated rings. The van der Waals surface area contributed by atoms with E-state index in [0.717, 1.165) is 32.4 Å². The summed E-state index contributed by atoms with van der Waals surface area (Å²) in [4.78, 5) is 17.3. The first kappa shape index (κ1) is 15.3. The predicted molar refractivity (Wildman–Crippen MR) is 85.0 cm³/mol. The molecule has 1 unspecified atom stereocenters. The van der Waals surface area contributed by atoms with E-state index in [1.165, 1.54) is 51.6 Å². The molecule has 0 bridgehead atoms. The molecule has 120 valence electrons. The lowest BCUT2D eigenvalue weighted by Gasteiger charge is -2.35. The number of nitrogens with zero attached hydrogens (tertiary/aromatic N) is 2. The average Bonchev–Trinajstić information content (AvgIpc) is 2.98. The van der Waals surface area contributed by atoms with Crippen molar-refractivity contribution in [1.82, 2.24) is 9.80 Å². The second-order valence-electron chi connectivity index (χ2n) is 7.48. The maximum atomic E-state index is 12.6. The van der Waals surface area contributed by atoms with Crippen molar-refractivity contribution in [3.05, 3.63) is 0 Å². The SMILES string of the molecule is NC1(CC(=O)N2CCC(N3CCCCC3)C2)CCCCC1. The molecule has 2 saturated heterocycles. The Balaban J connectivity index is 1.49. The standard InChI is InChI=1S/C17H31N3O/c18-17(8-3-1-4-9-17)13-16(21)20-12-7-15(14-20)19-10-5-2-6-11-19/h15H,1-14,18H2. The highest BCUT2D eigenvalue weighted by Gasteiger charge is 2.35. The molecule has 0 aromatic carbocycles. The smallest absolute Gasteiger partial charge is 0.224 e. The fourth-order valence-electron chi connectivity index (χ4n) is 4.40. The Hall–Kier alpha value is -0.610. The number of carbonyl (C=O) groups excluding carboxylic acids is 1. The van der Waals surface area contributed by atoms with Crippen LogP contribution in [0, 0.1) is 0 Å². The number of piperidine rings is 1. The van der Waals surface area contributed by atoms with Crippen molar-refractivity contribution in [2.45, 2.75) is 75.8 Å². The molecular weight excluding hydrogens is 262 g/mol. The predicted octanol–water partition coefficient (Wildman–Crippen LogP) is 2.12. The topological polar surface area (TPSA) is 49.6 Å². The van der Waals surface area contributed by atoms with Crippen molar-refractivity contribution in [3.8, 4) is 0 Å². The first-order chi connectivity index (χ1) is 10.2. The van der Waals surface area contributed by atoms with E-state index in [2.05, 4.69) is 9.80 Å². The van der Waals surface area contributed by atoms with Crippen LogP contribution in [0.2, 0.25) is 0 Å². The van der Waals surface area contributed by atoms with Crippen LogP contribution >= 0.6 is 0 Å². The van der Waals surface area contributed by atoms with E-state index in [4.69, 9.17) is 5.73 Å². The summed E-state index contributed by atoms with van der Waals surface area (Å²) in [5.74, 6) is 0.305. The van der Waals surface area contributed by atoms with Gasteiger partial charge in [-0.05, 0) is 45.2 Å². The molecule has 4 heteroatoms. The zero-order chi connectivity index (χ0) is 14.7. The van der Waals surface area contributed by atoms with Crippen LogP contribution in [0.1, 0.15) is 64.2 Å². The second-order valence-corrected chi connectivity index (χ2v) is 7.48. The van der Waals surface area contributed by atoms with Crippen LogP contribution in [0.3, 0.4) is 0 Å². The Morgan fingerprint density at radius 1 is 1.00 bits per heavy atom. The molecule has 0 spiro atoms. The molecule has 3 rings (SSSR count). The van der Waals surface area contributed by atoms with E-state index in [1.807, 2.05) is 0 Å². The number of likely N-dealkylation sites (tertiary alicyclic amines) is 2. The Bertz CT molecular complexity index is 359. The van der Waals surface area contributed by atoms with E-state index in [-0.39, 0.29) is 5.54 Å². The highest BCUT2D eigenvalue weighted by atomic mass is 16.2. The Morgan fingerprint density at radius 3 is 2.38 bits per heavy atom. The van der Waals surface area contributed by atoms with Crippen LogP contribution in [0.25, 0.3) is 0 Å². The van der Waals surface area contributed by atoms with Crippen molar-refractivity contribution in [2.75, 3.05) is 26.2 Å². The van der Waals surface area contributed by atoms with Crippen molar-refractivity contribution >= 4 is 5.91 Å². The quantitative estimate of drug-likeness (QED) is 0.867. The summed E-state index contributed by atoms with van der Waals surface area (Å²) in [7, 11) is 0. The largest absolute Gasteiger partial charge is 0.341 e. The molecule has 1 atom stereocenters. The molecule has 2 N–H and O–H groups in total. The highest BCUT2D eigenvalue weighted by molar-refractivity contribution is 5.77. The van der Waals surface area contributed by atoms with Crippen molar-refractivity contribution in [1.29, 1.82) is 0 Å². The fourth-order valence-corrected chi connectivity index (χ4v) is 4.40. The van der Waals surface area contributed by atoms with Gasteiger partial charge in [-0.25, -0.2) is 0 Å². The Labute approximate surface area is 129 Å². The lowest BCUT2D eigenvalue weighted by atomic mass is 9.80. The number of hydrogen-bond acceptors (Lipinski definition) is 3. The van der Waals surface area contributed by atoms with Crippen molar-refractivity contribution < 1.29 is 4.79 Å². The minimum atomic E-state index is -0.210. The molecule has 1 saturated carbocycles. The van der Waals surface area contributed by atoms with Crippen LogP contribution in [-0.2, 0) is 4.79 Å². The van der Waals surface area contributed by atoms with Gasteiger partial charge in [0.05, 0.1) is 0 Å². The third-order valence-corrected chi connectivity index (χ3v) is 5.78. The van der Waals surface area contributed by atoms with Gasteiger partial charge in [-0.1, -0.05) is 25.7 Å². The minimum Gasteiger partial charge on any atom is -0.341 e. The van der Waals surface area contributed by atoms with Gasteiger partial charge >= 0.3 is 0 Å². The van der Waals surface area contributed by atoms with Crippen molar-refractivity contribution in [2.24, 2.45) is 5.73 Å². The summed E-state index contributed by atoms with van der Waals surface area (Å²) in [6.45, 7) is 4.34. The van der Waals surface area contributed by atoms with Gasteiger partial charge < -0.3 is 10.6 Å². The third kappa shape index (κ3) is 3.78. The number of nitrogens with two attached hydrogens (primary N) is 1. The van der Waals surface area contributed by atoms with Gasteiger partial charge in [-0.15, -0.1) is 0 Å². The van der Waals surface area contributed by atoms with E-state index in [1.54, 1.807) is 0 Å². The molecule has 3 aliphatic rings. The van der Waals surface area contributed by atoms with Gasteiger partial charge in [0.1, 0.15) is 0 Å². The highest BCUT2D eigenvalue weighted by Crippen LogP contribution is 2.30. The van der Waals surface area contributed by atoms with Crippen LogP contribution < -0.4 is 5.73 Å². The van der Waals surface area contributed by atoms with Gasteiger partial charge in [0.2, 0.25) is 5.91 Å². The van der Waals surface area contributed by atoms with Crippen molar-refractivity contribution in [3.63, 3.8) is 0 Å². The monoisotopic (exact) mass is 293 g/mol. The molecule has 2 heterocycles. The maximum absolute atomic E-state index is 12.6. The van der Waals surface area contributed by atoms with Gasteiger partial charge in [-0.3, -0.25) is 9.69 Å². The zero-order valence-corrected chi connectivity index (χ0v) is 13.4. The number of rotatable bonds is 3. The first-order valence-corrected chi connectivity index (χ1v) is 8.97. The molecule has 1 aliphatic carbocycles. The normalized spacial score (nSPS) is 30.5. The minimum absolute atomic E-state index is 0.210. The first-order valence-electron chi connectivity index (χ1n) is 8.97. The van der Waals surface area contributed by atoms with Gasteiger partial charge in [-0.2, -0.15) is 0 Å². The number of hydrogen-bond donors (Lipinski definition) is 1. The third-order valence-electron chi connectivity index (χ3n) is 5.78. The molecular formula is C17H31N3O. The van der Waals surface area contributed by atoms with E-state index >= 15 is 0 Å². The summed E-state index contributed by atoms with van der Waals surface area (Å²) in [6.07, 6.45) is 11.5. The van der Waals surface area contributed by atoms with Gasteiger partial charge in [0.25, 0.3) is 0 Å². The molecule has 0 radical (unpaired) electrons. The summed E-state index contributed by atoms with van der Waals surface area (Å²) >= 11 is 0. The van der Waals surface area contributed by atoms with Gasteiger partial charge in [0, 0.05) is 31.1 Å². The van der Waals surface area contributed by atoms with Crippen LogP contribution in [0.5, 0.6) is 0 Å². The Morgan fingerprint density at radius 2 is 1.67 bits per heavy atom. The van der Waals surface area contributed by atoms with Crippen LogP contribution in [0.4, 0.5) is 0 Å².